The SMILES string of the molecule is CSCC[C@@H](C(=O)Nc1ccc2ccccc2c1)N(C(=O)OC(C)(C)C)C(=O)[C@@H](N)CC(C)C. The number of nitrogens with two attached hydrogens (primary N) is 1. The zero-order valence-corrected chi connectivity index (χ0v) is 21.8. The highest BCUT2D eigenvalue weighted by atomic mass is 32.2. The zero-order valence-electron chi connectivity index (χ0n) is 21.0. The number of carbonyl (C=O) groups is 3. The number of carbonyl (C=O) groups excluding carboxylic acids is 3. The first-order valence-electron chi connectivity index (χ1n) is 11.5. The lowest BCUT2D eigenvalue weighted by atomic mass is 10.0. The predicted molar refractivity (Wildman–Crippen MR) is 140 cm³/mol. The van der Waals surface area contributed by atoms with Gasteiger partial charge >= 0.3 is 6.09 Å². The highest BCUT2D eigenvalue weighted by Gasteiger charge is 2.39. The zero-order chi connectivity index (χ0) is 25.5. The summed E-state index contributed by atoms with van der Waals surface area (Å²) in [5, 5.41) is 4.90. The van der Waals surface area contributed by atoms with Crippen molar-refractivity contribution in [3.8, 4) is 0 Å². The molecule has 8 heteroatoms. The van der Waals surface area contributed by atoms with Crippen LogP contribution >= 0.6 is 11.8 Å². The van der Waals surface area contributed by atoms with E-state index in [-0.39, 0.29) is 12.3 Å². The number of rotatable bonds is 9. The Hall–Kier alpha value is -2.58. The van der Waals surface area contributed by atoms with Crippen molar-refractivity contribution in [2.45, 2.75) is 65.1 Å². The van der Waals surface area contributed by atoms with Gasteiger partial charge in [0.15, 0.2) is 0 Å². The van der Waals surface area contributed by atoms with Gasteiger partial charge < -0.3 is 15.8 Å². The van der Waals surface area contributed by atoms with E-state index in [1.807, 2.05) is 56.5 Å². The Bertz CT molecular complexity index is 1000. The minimum absolute atomic E-state index is 0.149. The fourth-order valence-electron chi connectivity index (χ4n) is 3.57. The molecule has 0 aliphatic rings. The second kappa shape index (κ2) is 12.2. The molecule has 0 saturated heterocycles. The van der Waals surface area contributed by atoms with E-state index in [9.17, 15) is 14.4 Å². The molecule has 2 atom stereocenters. The number of nitrogens with one attached hydrogen (secondary N) is 1. The molecule has 0 aromatic heterocycles. The Labute approximate surface area is 206 Å². The lowest BCUT2D eigenvalue weighted by Crippen LogP contribution is -2.56. The first-order valence-corrected chi connectivity index (χ1v) is 12.9. The summed E-state index contributed by atoms with van der Waals surface area (Å²) >= 11 is 1.53. The van der Waals surface area contributed by atoms with Crippen molar-refractivity contribution < 1.29 is 19.1 Å². The molecule has 0 bridgehead atoms. The summed E-state index contributed by atoms with van der Waals surface area (Å²) in [7, 11) is 0. The maximum Gasteiger partial charge on any atom is 0.417 e. The molecule has 2 aromatic rings. The van der Waals surface area contributed by atoms with Gasteiger partial charge in [0.25, 0.3) is 0 Å². The Balaban J connectivity index is 2.40. The van der Waals surface area contributed by atoms with Crippen LogP contribution in [0.25, 0.3) is 10.8 Å². The van der Waals surface area contributed by atoms with Gasteiger partial charge in [0.1, 0.15) is 11.6 Å². The third-order valence-corrected chi connectivity index (χ3v) is 5.74. The van der Waals surface area contributed by atoms with Crippen molar-refractivity contribution in [1.29, 1.82) is 0 Å². The van der Waals surface area contributed by atoms with Crippen LogP contribution in [0.2, 0.25) is 0 Å². The third-order valence-electron chi connectivity index (χ3n) is 5.10. The fraction of sp³-hybridized carbons (Fsp3) is 0.500. The van der Waals surface area contributed by atoms with Crippen molar-refractivity contribution in [3.05, 3.63) is 42.5 Å². The molecular formula is C26H37N3O4S. The van der Waals surface area contributed by atoms with Gasteiger partial charge in [0.2, 0.25) is 11.8 Å². The molecule has 3 amide bonds. The second-order valence-corrected chi connectivity index (χ2v) is 10.8. The summed E-state index contributed by atoms with van der Waals surface area (Å²) in [6, 6.07) is 11.4. The van der Waals surface area contributed by atoms with E-state index < -0.39 is 35.6 Å². The second-order valence-electron chi connectivity index (χ2n) is 9.77. The Morgan fingerprint density at radius 3 is 2.32 bits per heavy atom. The first-order chi connectivity index (χ1) is 15.9. The van der Waals surface area contributed by atoms with Crippen molar-refractivity contribution in [2.24, 2.45) is 11.7 Å². The first kappa shape index (κ1) is 27.7. The molecule has 0 heterocycles. The number of fused-ring (bicyclic) bond motifs is 1. The van der Waals surface area contributed by atoms with Gasteiger partial charge in [-0.15, -0.1) is 0 Å². The molecule has 0 spiro atoms. The smallest absolute Gasteiger partial charge is 0.417 e. The molecule has 2 aromatic carbocycles. The number of benzene rings is 2. The van der Waals surface area contributed by atoms with Gasteiger partial charge in [-0.1, -0.05) is 44.2 Å². The van der Waals surface area contributed by atoms with Gasteiger partial charge in [0.05, 0.1) is 6.04 Å². The number of hydrogen-bond acceptors (Lipinski definition) is 6. The predicted octanol–water partition coefficient (Wildman–Crippen LogP) is 5.04. The highest BCUT2D eigenvalue weighted by molar-refractivity contribution is 7.98. The number of hydrogen-bond donors (Lipinski definition) is 2. The summed E-state index contributed by atoms with van der Waals surface area (Å²) in [6.45, 7) is 9.04. The summed E-state index contributed by atoms with van der Waals surface area (Å²) in [5.41, 5.74) is 5.91. The molecule has 0 aliphatic carbocycles. The van der Waals surface area contributed by atoms with Crippen LogP contribution in [0.15, 0.2) is 42.5 Å². The van der Waals surface area contributed by atoms with Gasteiger partial charge in [-0.25, -0.2) is 9.69 Å². The van der Waals surface area contributed by atoms with Gasteiger partial charge in [-0.3, -0.25) is 9.59 Å². The van der Waals surface area contributed by atoms with Crippen LogP contribution in [0.1, 0.15) is 47.5 Å². The number of ether oxygens (including phenoxy) is 1. The number of amides is 3. The van der Waals surface area contributed by atoms with Crippen LogP contribution in [0.4, 0.5) is 10.5 Å². The van der Waals surface area contributed by atoms with Crippen LogP contribution in [0.5, 0.6) is 0 Å². The van der Waals surface area contributed by atoms with Crippen molar-refractivity contribution in [1.82, 2.24) is 4.90 Å². The van der Waals surface area contributed by atoms with Crippen molar-refractivity contribution in [3.63, 3.8) is 0 Å². The van der Waals surface area contributed by atoms with Crippen LogP contribution in [0, 0.1) is 5.92 Å². The Kier molecular flexibility index (Phi) is 9.94. The normalized spacial score (nSPS) is 13.4. The molecule has 0 fully saturated rings. The largest absolute Gasteiger partial charge is 0.443 e. The van der Waals surface area contributed by atoms with Crippen molar-refractivity contribution >= 4 is 46.1 Å². The lowest BCUT2D eigenvalue weighted by molar-refractivity contribution is -0.139. The van der Waals surface area contributed by atoms with Gasteiger partial charge in [-0.05, 0) is 74.4 Å². The lowest BCUT2D eigenvalue weighted by Gasteiger charge is -2.33. The van der Waals surface area contributed by atoms with E-state index in [2.05, 4.69) is 5.32 Å². The molecule has 34 heavy (non-hydrogen) atoms. The maximum absolute atomic E-state index is 13.5. The number of nitrogens with zero attached hydrogens (tertiary/aromatic N) is 1. The van der Waals surface area contributed by atoms with Crippen LogP contribution < -0.4 is 11.1 Å². The third kappa shape index (κ3) is 8.02. The molecule has 0 aliphatic heterocycles. The molecule has 0 unspecified atom stereocenters. The molecule has 0 radical (unpaired) electrons. The van der Waals surface area contributed by atoms with E-state index in [1.54, 1.807) is 26.8 Å². The summed E-state index contributed by atoms with van der Waals surface area (Å²) < 4.78 is 5.52. The van der Waals surface area contributed by atoms with Crippen molar-refractivity contribution in [2.75, 3.05) is 17.3 Å². The van der Waals surface area contributed by atoms with Crippen LogP contribution in [-0.4, -0.2) is 52.5 Å². The topological polar surface area (TPSA) is 102 Å². The van der Waals surface area contributed by atoms with E-state index in [0.29, 0.717) is 17.9 Å². The average molecular weight is 488 g/mol. The minimum atomic E-state index is -1.06. The van der Waals surface area contributed by atoms with E-state index in [4.69, 9.17) is 10.5 Å². The van der Waals surface area contributed by atoms with Crippen LogP contribution in [-0.2, 0) is 14.3 Å². The number of imide groups is 1. The molecule has 186 valence electrons. The maximum atomic E-state index is 13.5. The fourth-order valence-corrected chi connectivity index (χ4v) is 4.03. The van der Waals surface area contributed by atoms with Gasteiger partial charge in [0, 0.05) is 5.69 Å². The average Bonchev–Trinajstić information content (AvgIpc) is 2.74. The monoisotopic (exact) mass is 487 g/mol. The van der Waals surface area contributed by atoms with E-state index in [1.165, 1.54) is 11.8 Å². The summed E-state index contributed by atoms with van der Waals surface area (Å²) in [4.78, 5) is 40.9. The molecule has 7 nitrogen and oxygen atoms in total. The number of anilines is 1. The minimum Gasteiger partial charge on any atom is -0.443 e. The number of thioether (sulfide) groups is 1. The Morgan fingerprint density at radius 1 is 1.09 bits per heavy atom. The molecular weight excluding hydrogens is 450 g/mol. The van der Waals surface area contributed by atoms with Gasteiger partial charge in [-0.2, -0.15) is 11.8 Å². The van der Waals surface area contributed by atoms with E-state index in [0.717, 1.165) is 15.7 Å². The molecule has 2 rings (SSSR count). The summed E-state index contributed by atoms with van der Waals surface area (Å²) in [5.74, 6) is -0.347. The summed E-state index contributed by atoms with van der Waals surface area (Å²) in [6.07, 6.45) is 1.71. The standard InChI is InChI=1S/C26H37N3O4S/c1-17(2)15-21(27)24(31)29(25(32)33-26(3,4)5)22(13-14-34-6)23(30)28-20-12-11-18-9-7-8-10-19(18)16-20/h7-12,16-17,21-22H,13-15,27H2,1-6H3,(H,28,30)/t21-,22-/m0/s1. The Morgan fingerprint density at radius 2 is 1.74 bits per heavy atom. The quantitative estimate of drug-likeness (QED) is 0.514. The molecule has 3 N–H and O–H groups in total. The highest BCUT2D eigenvalue weighted by Crippen LogP contribution is 2.22. The molecule has 0 saturated carbocycles. The van der Waals surface area contributed by atoms with Crippen LogP contribution in [0.3, 0.4) is 0 Å². The van der Waals surface area contributed by atoms with E-state index >= 15 is 0 Å².